The van der Waals surface area contributed by atoms with E-state index in [0.717, 1.165) is 15.7 Å². The summed E-state index contributed by atoms with van der Waals surface area (Å²) >= 11 is 13.9. The van der Waals surface area contributed by atoms with Gasteiger partial charge in [0.1, 0.15) is 0 Å². The molecule has 0 radical (unpaired) electrons. The monoisotopic (exact) mass is 672 g/mol. The molecule has 8 heteroatoms. The van der Waals surface area contributed by atoms with E-state index < -0.39 is 0 Å². The molecule has 3 rings (SSSR count). The molecule has 0 nitrogen and oxygen atoms in total. The Kier molecular flexibility index (Phi) is 12.9. The van der Waals surface area contributed by atoms with Crippen LogP contribution in [0.1, 0.15) is 0 Å². The van der Waals surface area contributed by atoms with Crippen LogP contribution in [-0.2, 0) is 0 Å². The number of thioether (sulfide) groups is 6. The van der Waals surface area contributed by atoms with E-state index in [4.69, 9.17) is 0 Å². The van der Waals surface area contributed by atoms with Gasteiger partial charge in [-0.15, -0.1) is 0 Å². The van der Waals surface area contributed by atoms with Crippen LogP contribution in [0.2, 0.25) is 17.4 Å². The summed E-state index contributed by atoms with van der Waals surface area (Å²) < 4.78 is 6.08. The predicted octanol–water partition coefficient (Wildman–Crippen LogP) is 4.98. The van der Waals surface area contributed by atoms with Crippen LogP contribution < -0.4 is 0 Å². The zero-order chi connectivity index (χ0) is 16.5. The summed E-state index contributed by atoms with van der Waals surface area (Å²) in [5.41, 5.74) is 0. The Bertz CT molecular complexity index is 337. The van der Waals surface area contributed by atoms with Crippen molar-refractivity contribution in [1.29, 1.82) is 0 Å². The third-order valence-electron chi connectivity index (χ3n) is 3.68. The SMILES string of the molecule is C(C[Te]CC(CSCC1CS1)[Te]CCSCC1CS1)SCC1CS1. The van der Waals surface area contributed by atoms with Gasteiger partial charge in [0.05, 0.1) is 0 Å². The summed E-state index contributed by atoms with van der Waals surface area (Å²) in [7, 11) is 0. The van der Waals surface area contributed by atoms with Crippen molar-refractivity contribution in [3.05, 3.63) is 0 Å². The summed E-state index contributed by atoms with van der Waals surface area (Å²) in [5, 5.41) is 3.12. The number of hydrogen-bond donors (Lipinski definition) is 0. The van der Waals surface area contributed by atoms with Crippen LogP contribution in [-0.4, -0.2) is 109 Å². The molecule has 0 aliphatic carbocycles. The number of rotatable bonds is 17. The van der Waals surface area contributed by atoms with Gasteiger partial charge in [-0.2, -0.15) is 0 Å². The first-order chi connectivity index (χ1) is 11.9. The molecule has 3 fully saturated rings. The first kappa shape index (κ1) is 22.4. The van der Waals surface area contributed by atoms with Gasteiger partial charge in [0.2, 0.25) is 0 Å². The van der Waals surface area contributed by atoms with Gasteiger partial charge in [-0.1, -0.05) is 0 Å². The minimum atomic E-state index is 0.286. The Hall–Kier alpha value is 3.68. The fourth-order valence-corrected chi connectivity index (χ4v) is 20.2. The Morgan fingerprint density at radius 1 is 0.792 bits per heavy atom. The van der Waals surface area contributed by atoms with Crippen LogP contribution in [0.25, 0.3) is 0 Å². The predicted molar refractivity (Wildman–Crippen MR) is 130 cm³/mol. The fourth-order valence-electron chi connectivity index (χ4n) is 2.00. The van der Waals surface area contributed by atoms with E-state index in [0.29, 0.717) is 20.9 Å². The van der Waals surface area contributed by atoms with Crippen LogP contribution in [0, 0.1) is 0 Å². The van der Waals surface area contributed by atoms with Gasteiger partial charge in [-0.3, -0.25) is 0 Å². The normalized spacial score (nSPS) is 28.8. The molecule has 4 unspecified atom stereocenters. The second-order valence-corrected chi connectivity index (χ2v) is 20.8. The van der Waals surface area contributed by atoms with Crippen LogP contribution in [0.5, 0.6) is 0 Å². The average Bonchev–Trinajstić information content (AvgIpc) is 3.44. The van der Waals surface area contributed by atoms with E-state index in [-0.39, 0.29) is 20.9 Å². The van der Waals surface area contributed by atoms with Gasteiger partial charge in [0.15, 0.2) is 0 Å². The minimum absolute atomic E-state index is 0.286. The molecule has 4 atom stereocenters. The van der Waals surface area contributed by atoms with Crippen molar-refractivity contribution in [2.75, 3.05) is 51.8 Å². The molecule has 0 bridgehead atoms. The van der Waals surface area contributed by atoms with E-state index in [1.807, 2.05) is 0 Å². The first-order valence-electron chi connectivity index (χ1n) is 8.67. The van der Waals surface area contributed by atoms with Crippen molar-refractivity contribution in [2.45, 2.75) is 33.1 Å². The topological polar surface area (TPSA) is 0 Å². The molecule has 24 heavy (non-hydrogen) atoms. The maximum absolute atomic E-state index is 2.31. The van der Waals surface area contributed by atoms with Gasteiger partial charge in [0.25, 0.3) is 0 Å². The van der Waals surface area contributed by atoms with Crippen LogP contribution in [0.3, 0.4) is 0 Å². The molecule has 0 amide bonds. The van der Waals surface area contributed by atoms with Crippen molar-refractivity contribution in [1.82, 2.24) is 0 Å². The maximum atomic E-state index is 2.31. The Morgan fingerprint density at radius 3 is 1.92 bits per heavy atom. The van der Waals surface area contributed by atoms with Gasteiger partial charge < -0.3 is 0 Å². The van der Waals surface area contributed by atoms with Crippen molar-refractivity contribution < 1.29 is 0 Å². The van der Waals surface area contributed by atoms with E-state index in [1.54, 1.807) is 13.4 Å². The van der Waals surface area contributed by atoms with E-state index in [2.05, 4.69) is 70.6 Å². The molecular weight excluding hydrogens is 640 g/mol. The summed E-state index contributed by atoms with van der Waals surface area (Å²) in [6.45, 7) is 0. The van der Waals surface area contributed by atoms with Crippen LogP contribution in [0.15, 0.2) is 0 Å². The van der Waals surface area contributed by atoms with Gasteiger partial charge in [-0.05, 0) is 0 Å². The Labute approximate surface area is 194 Å². The summed E-state index contributed by atoms with van der Waals surface area (Å²) in [6.07, 6.45) is 0. The van der Waals surface area contributed by atoms with E-state index in [1.165, 1.54) is 55.7 Å². The second kappa shape index (κ2) is 13.8. The molecule has 3 heterocycles. The van der Waals surface area contributed by atoms with Gasteiger partial charge in [-0.25, -0.2) is 0 Å². The van der Waals surface area contributed by atoms with Gasteiger partial charge >= 0.3 is 197 Å². The molecule has 0 spiro atoms. The quantitative estimate of drug-likeness (QED) is 0.121. The van der Waals surface area contributed by atoms with E-state index >= 15 is 0 Å². The molecule has 0 aromatic carbocycles. The van der Waals surface area contributed by atoms with Crippen molar-refractivity contribution >= 4 is 112 Å². The molecule has 0 N–H and O–H groups in total. The summed E-state index contributed by atoms with van der Waals surface area (Å²) in [5.74, 6) is 13.2. The molecular formula is C16H28S6Te2. The third-order valence-corrected chi connectivity index (χ3v) is 21.9. The molecule has 3 aliphatic rings. The summed E-state index contributed by atoms with van der Waals surface area (Å²) in [6, 6.07) is 0. The van der Waals surface area contributed by atoms with E-state index in [9.17, 15) is 0 Å². The molecule has 0 aromatic heterocycles. The standard InChI is InChI=1S/C16H28S6Te2/c1(17-5-13-8-20-13)3-23-12-16(11-19-7-15-10-22-15)24-4-2-18-6-14-9-21-14/h13-16H,1-12H2. The average molecular weight is 668 g/mol. The fraction of sp³-hybridized carbons (Fsp3) is 1.00. The van der Waals surface area contributed by atoms with Crippen molar-refractivity contribution in [2.24, 2.45) is 0 Å². The first-order valence-corrected chi connectivity index (χ1v) is 21.6. The van der Waals surface area contributed by atoms with Crippen LogP contribution in [0.4, 0.5) is 0 Å². The zero-order valence-corrected chi connectivity index (χ0v) is 23.6. The molecule has 140 valence electrons. The molecule has 3 aliphatic heterocycles. The second-order valence-electron chi connectivity index (χ2n) is 6.12. The van der Waals surface area contributed by atoms with Gasteiger partial charge in [0, 0.05) is 0 Å². The van der Waals surface area contributed by atoms with Crippen molar-refractivity contribution in [3.8, 4) is 0 Å². The summed E-state index contributed by atoms with van der Waals surface area (Å²) in [4.78, 5) is 0. The van der Waals surface area contributed by atoms with Crippen LogP contribution >= 0.6 is 70.6 Å². The third kappa shape index (κ3) is 12.3. The Balaban J connectivity index is 1.18. The molecule has 0 aromatic rings. The zero-order valence-electron chi connectivity index (χ0n) is 14.1. The Morgan fingerprint density at radius 2 is 1.33 bits per heavy atom. The number of hydrogen-bond acceptors (Lipinski definition) is 6. The molecule has 0 saturated carbocycles. The molecule has 3 saturated heterocycles. The van der Waals surface area contributed by atoms with Crippen molar-refractivity contribution in [3.63, 3.8) is 0 Å².